The molecule has 1 aliphatic heterocycles. The molecule has 1 aliphatic rings. The van der Waals surface area contributed by atoms with Gasteiger partial charge >= 0.3 is 6.03 Å². The van der Waals surface area contributed by atoms with E-state index in [4.69, 9.17) is 9.84 Å². The minimum atomic E-state index is -0.380. The lowest BCUT2D eigenvalue weighted by molar-refractivity contribution is -0.117. The average Bonchev–Trinajstić information content (AvgIpc) is 2.85. The molecule has 0 spiro atoms. The molecule has 21 heavy (non-hydrogen) atoms. The first-order valence-electron chi connectivity index (χ1n) is 6.73. The van der Waals surface area contributed by atoms with E-state index in [0.717, 1.165) is 5.69 Å². The first-order valence-corrected chi connectivity index (χ1v) is 6.73. The first-order chi connectivity index (χ1) is 10.1. The number of aliphatic hydroxyl groups excluding tert-OH is 1. The number of urea groups is 1. The van der Waals surface area contributed by atoms with Crippen LogP contribution in [0.4, 0.5) is 10.5 Å². The van der Waals surface area contributed by atoms with Crippen LogP contribution in [0, 0.1) is 0 Å². The van der Waals surface area contributed by atoms with Gasteiger partial charge in [-0.15, -0.1) is 0 Å². The quantitative estimate of drug-likeness (QED) is 0.717. The summed E-state index contributed by atoms with van der Waals surface area (Å²) < 4.78 is 5.14. The maximum absolute atomic E-state index is 12.1. The van der Waals surface area contributed by atoms with E-state index in [2.05, 4.69) is 10.6 Å². The van der Waals surface area contributed by atoms with Crippen molar-refractivity contribution in [1.82, 2.24) is 10.6 Å². The number of benzene rings is 1. The van der Waals surface area contributed by atoms with Crippen LogP contribution < -0.4 is 20.3 Å². The third-order valence-electron chi connectivity index (χ3n) is 3.22. The Hall–Kier alpha value is -2.28. The Morgan fingerprint density at radius 1 is 1.52 bits per heavy atom. The summed E-state index contributed by atoms with van der Waals surface area (Å²) in [6.45, 7) is 0.484. The molecule has 114 valence electrons. The SMILES string of the molecule is COc1cccc(N2C[C@@H](NC(=O)NCCO)CC2=O)c1. The van der Waals surface area contributed by atoms with Crippen LogP contribution in [0.25, 0.3) is 0 Å². The normalized spacial score (nSPS) is 17.7. The van der Waals surface area contributed by atoms with Crippen LogP contribution in [0.2, 0.25) is 0 Å². The second-order valence-corrected chi connectivity index (χ2v) is 4.73. The summed E-state index contributed by atoms with van der Waals surface area (Å²) in [6.07, 6.45) is 0.254. The largest absolute Gasteiger partial charge is 0.497 e. The number of rotatable bonds is 5. The van der Waals surface area contributed by atoms with E-state index in [0.29, 0.717) is 12.3 Å². The van der Waals surface area contributed by atoms with Crippen molar-refractivity contribution >= 4 is 17.6 Å². The molecule has 3 N–H and O–H groups in total. The molecule has 0 aromatic heterocycles. The monoisotopic (exact) mass is 293 g/mol. The van der Waals surface area contributed by atoms with E-state index in [1.165, 1.54) is 0 Å². The number of anilines is 1. The number of nitrogens with zero attached hydrogens (tertiary/aromatic N) is 1. The second-order valence-electron chi connectivity index (χ2n) is 4.73. The predicted octanol–water partition coefficient (Wildman–Crippen LogP) is 0.0920. The molecule has 1 aromatic carbocycles. The lowest BCUT2D eigenvalue weighted by atomic mass is 10.2. The van der Waals surface area contributed by atoms with Crippen molar-refractivity contribution in [3.05, 3.63) is 24.3 Å². The molecule has 0 unspecified atom stereocenters. The van der Waals surface area contributed by atoms with E-state index >= 15 is 0 Å². The number of aliphatic hydroxyl groups is 1. The van der Waals surface area contributed by atoms with Crippen LogP contribution in [0.1, 0.15) is 6.42 Å². The van der Waals surface area contributed by atoms with Crippen LogP contribution >= 0.6 is 0 Å². The fraction of sp³-hybridized carbons (Fsp3) is 0.429. The third-order valence-corrected chi connectivity index (χ3v) is 3.22. The summed E-state index contributed by atoms with van der Waals surface area (Å²) in [7, 11) is 1.57. The molecule has 0 aliphatic carbocycles. The number of nitrogens with one attached hydrogen (secondary N) is 2. The number of carbonyl (C=O) groups is 2. The van der Waals surface area contributed by atoms with Gasteiger partial charge in [0, 0.05) is 31.3 Å². The van der Waals surface area contributed by atoms with Crippen LogP contribution in [0.5, 0.6) is 5.75 Å². The summed E-state index contributed by atoms with van der Waals surface area (Å²) in [5.74, 6) is 0.633. The van der Waals surface area contributed by atoms with Crippen molar-refractivity contribution in [2.75, 3.05) is 31.7 Å². The molecule has 3 amide bonds. The van der Waals surface area contributed by atoms with Crippen molar-refractivity contribution in [2.24, 2.45) is 0 Å². The molecule has 0 radical (unpaired) electrons. The Kier molecular flexibility index (Phi) is 4.99. The number of amides is 3. The summed E-state index contributed by atoms with van der Waals surface area (Å²) in [6, 6.07) is 6.61. The van der Waals surface area contributed by atoms with Gasteiger partial charge in [-0.2, -0.15) is 0 Å². The van der Waals surface area contributed by atoms with Crippen LogP contribution in [0.15, 0.2) is 24.3 Å². The first kappa shape index (κ1) is 15.1. The number of carbonyl (C=O) groups excluding carboxylic acids is 2. The Morgan fingerprint density at radius 2 is 2.33 bits per heavy atom. The van der Waals surface area contributed by atoms with Gasteiger partial charge in [0.15, 0.2) is 0 Å². The van der Waals surface area contributed by atoms with Gasteiger partial charge in [-0.1, -0.05) is 6.07 Å². The standard InChI is InChI=1S/C14H19N3O4/c1-21-12-4-2-3-11(8-12)17-9-10(7-13(17)19)16-14(20)15-5-6-18/h2-4,8,10,18H,5-7,9H2,1H3,(H2,15,16,20)/t10-/m0/s1. The Bertz CT molecular complexity index is 521. The molecule has 7 nitrogen and oxygen atoms in total. The number of methoxy groups -OCH3 is 1. The zero-order valence-corrected chi connectivity index (χ0v) is 11.8. The molecule has 7 heteroatoms. The van der Waals surface area contributed by atoms with Gasteiger partial charge in [0.05, 0.1) is 19.8 Å². The van der Waals surface area contributed by atoms with Gasteiger partial charge in [0.2, 0.25) is 5.91 Å². The smallest absolute Gasteiger partial charge is 0.315 e. The fourth-order valence-electron chi connectivity index (χ4n) is 2.24. The number of ether oxygens (including phenoxy) is 1. The molecule has 1 fully saturated rings. The molecule has 2 rings (SSSR count). The molecule has 1 heterocycles. The second kappa shape index (κ2) is 6.94. The highest BCUT2D eigenvalue weighted by Gasteiger charge is 2.31. The molecule has 1 atom stereocenters. The molecule has 1 aromatic rings. The summed E-state index contributed by atoms with van der Waals surface area (Å²) in [5, 5.41) is 13.9. The highest BCUT2D eigenvalue weighted by Crippen LogP contribution is 2.25. The Balaban J connectivity index is 1.97. The van der Waals surface area contributed by atoms with Crippen molar-refractivity contribution < 1.29 is 19.4 Å². The molecule has 0 saturated carbocycles. The topological polar surface area (TPSA) is 90.9 Å². The number of hydrogen-bond donors (Lipinski definition) is 3. The van der Waals surface area contributed by atoms with E-state index in [-0.39, 0.29) is 37.6 Å². The Labute approximate surface area is 122 Å². The third kappa shape index (κ3) is 3.85. The zero-order chi connectivity index (χ0) is 15.2. The summed E-state index contributed by atoms with van der Waals surface area (Å²) >= 11 is 0. The highest BCUT2D eigenvalue weighted by molar-refractivity contribution is 5.97. The van der Waals surface area contributed by atoms with Crippen molar-refractivity contribution in [3.63, 3.8) is 0 Å². The van der Waals surface area contributed by atoms with E-state index < -0.39 is 0 Å². The van der Waals surface area contributed by atoms with Gasteiger partial charge in [-0.25, -0.2) is 4.79 Å². The van der Waals surface area contributed by atoms with Gasteiger partial charge in [-0.3, -0.25) is 4.79 Å². The maximum atomic E-state index is 12.1. The molecular weight excluding hydrogens is 274 g/mol. The van der Waals surface area contributed by atoms with E-state index in [1.54, 1.807) is 18.1 Å². The van der Waals surface area contributed by atoms with Crippen molar-refractivity contribution in [3.8, 4) is 5.75 Å². The predicted molar refractivity (Wildman–Crippen MR) is 77.4 cm³/mol. The van der Waals surface area contributed by atoms with E-state index in [9.17, 15) is 9.59 Å². The van der Waals surface area contributed by atoms with Crippen molar-refractivity contribution in [1.29, 1.82) is 0 Å². The molecule has 0 bridgehead atoms. The molecule has 1 saturated heterocycles. The van der Waals surface area contributed by atoms with Crippen LogP contribution in [-0.4, -0.2) is 49.9 Å². The highest BCUT2D eigenvalue weighted by atomic mass is 16.5. The van der Waals surface area contributed by atoms with Crippen molar-refractivity contribution in [2.45, 2.75) is 12.5 Å². The maximum Gasteiger partial charge on any atom is 0.315 e. The summed E-state index contributed by atoms with van der Waals surface area (Å²) in [5.41, 5.74) is 0.749. The minimum absolute atomic E-state index is 0.0456. The van der Waals surface area contributed by atoms with Gasteiger partial charge < -0.3 is 25.4 Å². The zero-order valence-electron chi connectivity index (χ0n) is 11.8. The van der Waals surface area contributed by atoms with Gasteiger partial charge in [0.1, 0.15) is 5.75 Å². The molecular formula is C14H19N3O4. The van der Waals surface area contributed by atoms with Crippen LogP contribution in [-0.2, 0) is 4.79 Å². The Morgan fingerprint density at radius 3 is 3.05 bits per heavy atom. The van der Waals surface area contributed by atoms with Gasteiger partial charge in [-0.05, 0) is 12.1 Å². The van der Waals surface area contributed by atoms with Gasteiger partial charge in [0.25, 0.3) is 0 Å². The number of hydrogen-bond acceptors (Lipinski definition) is 4. The van der Waals surface area contributed by atoms with Crippen LogP contribution in [0.3, 0.4) is 0 Å². The average molecular weight is 293 g/mol. The minimum Gasteiger partial charge on any atom is -0.497 e. The lowest BCUT2D eigenvalue weighted by Gasteiger charge is -2.18. The lowest BCUT2D eigenvalue weighted by Crippen LogP contribution is -2.44. The summed E-state index contributed by atoms with van der Waals surface area (Å²) in [4.78, 5) is 25.2. The fourth-order valence-corrected chi connectivity index (χ4v) is 2.24. The van der Waals surface area contributed by atoms with E-state index in [1.807, 2.05) is 18.2 Å².